The number of hydrogen-bond donors (Lipinski definition) is 0. The Kier molecular flexibility index (Phi) is 4.98. The van der Waals surface area contributed by atoms with Gasteiger partial charge in [-0.25, -0.2) is 8.78 Å². The third-order valence-corrected chi connectivity index (χ3v) is 2.54. The number of carbonyl (C=O) groups is 2. The molecule has 0 aliphatic rings. The number of carbonyl (C=O) groups excluding carboxylic acids is 2. The van der Waals surface area contributed by atoms with E-state index < -0.39 is 34.9 Å². The molecule has 3 nitrogen and oxygen atoms in total. The second-order valence-corrected chi connectivity index (χ2v) is 5.68. The Morgan fingerprint density at radius 1 is 1.15 bits per heavy atom. The molecule has 1 unspecified atom stereocenters. The smallest absolute Gasteiger partial charge is 0.316 e. The van der Waals surface area contributed by atoms with Gasteiger partial charge < -0.3 is 4.74 Å². The lowest BCUT2D eigenvalue weighted by molar-refractivity contribution is -0.161. The van der Waals surface area contributed by atoms with E-state index in [9.17, 15) is 18.4 Å². The van der Waals surface area contributed by atoms with Crippen molar-refractivity contribution < 1.29 is 23.1 Å². The monoisotopic (exact) mass is 284 g/mol. The Hall–Kier alpha value is -1.78. The van der Waals surface area contributed by atoms with Gasteiger partial charge in [0.05, 0.1) is 0 Å². The number of Topliss-reactive ketones (excluding diaryl/α,β-unsaturated/α-hetero) is 1. The molecule has 0 fully saturated rings. The normalized spacial score (nSPS) is 12.9. The summed E-state index contributed by atoms with van der Waals surface area (Å²) in [5, 5.41) is 0. The first-order chi connectivity index (χ1) is 9.08. The summed E-state index contributed by atoms with van der Waals surface area (Å²) in [6.45, 7) is 6.52. The van der Waals surface area contributed by atoms with E-state index in [1.54, 1.807) is 20.8 Å². The Morgan fingerprint density at radius 3 is 2.10 bits per heavy atom. The molecule has 1 aromatic carbocycles. The van der Waals surface area contributed by atoms with E-state index in [0.717, 1.165) is 18.2 Å². The van der Waals surface area contributed by atoms with Gasteiger partial charge in [-0.3, -0.25) is 9.59 Å². The summed E-state index contributed by atoms with van der Waals surface area (Å²) in [7, 11) is 0. The Morgan fingerprint density at radius 2 is 1.65 bits per heavy atom. The van der Waals surface area contributed by atoms with Gasteiger partial charge in [-0.15, -0.1) is 0 Å². The van der Waals surface area contributed by atoms with Crippen LogP contribution in [0.3, 0.4) is 0 Å². The van der Waals surface area contributed by atoms with E-state index in [4.69, 9.17) is 4.74 Å². The molecule has 0 N–H and O–H groups in total. The van der Waals surface area contributed by atoms with Crippen LogP contribution in [-0.2, 0) is 20.7 Å². The minimum absolute atomic E-state index is 0.197. The lowest BCUT2D eigenvalue weighted by Gasteiger charge is -2.21. The molecular weight excluding hydrogens is 266 g/mol. The number of ketones is 1. The largest absolute Gasteiger partial charge is 0.459 e. The zero-order valence-electron chi connectivity index (χ0n) is 12.0. The van der Waals surface area contributed by atoms with E-state index in [1.807, 2.05) is 0 Å². The highest BCUT2D eigenvalue weighted by molar-refractivity contribution is 5.99. The molecule has 0 aromatic heterocycles. The van der Waals surface area contributed by atoms with Gasteiger partial charge in [-0.2, -0.15) is 0 Å². The minimum Gasteiger partial charge on any atom is -0.459 e. The first kappa shape index (κ1) is 16.3. The van der Waals surface area contributed by atoms with Crippen molar-refractivity contribution in [1.82, 2.24) is 0 Å². The van der Waals surface area contributed by atoms with Crippen LogP contribution >= 0.6 is 0 Å². The van der Waals surface area contributed by atoms with Crippen LogP contribution in [0, 0.1) is 17.6 Å². The molecule has 5 heteroatoms. The van der Waals surface area contributed by atoms with E-state index in [2.05, 4.69) is 0 Å². The van der Waals surface area contributed by atoms with Crippen LogP contribution in [-0.4, -0.2) is 17.4 Å². The van der Waals surface area contributed by atoms with Crippen LogP contribution < -0.4 is 0 Å². The van der Waals surface area contributed by atoms with E-state index >= 15 is 0 Å². The third kappa shape index (κ3) is 5.07. The second-order valence-electron chi connectivity index (χ2n) is 5.68. The number of hydrogen-bond acceptors (Lipinski definition) is 3. The van der Waals surface area contributed by atoms with Crippen LogP contribution in [0.15, 0.2) is 18.2 Å². The molecule has 0 radical (unpaired) electrons. The van der Waals surface area contributed by atoms with Gasteiger partial charge in [-0.1, -0.05) is 0 Å². The fourth-order valence-corrected chi connectivity index (χ4v) is 1.59. The van der Waals surface area contributed by atoms with Crippen molar-refractivity contribution in [3.05, 3.63) is 35.4 Å². The zero-order valence-corrected chi connectivity index (χ0v) is 12.0. The molecule has 0 heterocycles. The first-order valence-corrected chi connectivity index (χ1v) is 6.29. The Bertz CT molecular complexity index is 498. The van der Waals surface area contributed by atoms with Crippen LogP contribution in [0.5, 0.6) is 0 Å². The van der Waals surface area contributed by atoms with Crippen LogP contribution in [0.4, 0.5) is 8.78 Å². The summed E-state index contributed by atoms with van der Waals surface area (Å²) in [5.74, 6) is -3.56. The van der Waals surface area contributed by atoms with Gasteiger partial charge in [0.15, 0.2) is 5.78 Å². The lowest BCUT2D eigenvalue weighted by Crippen LogP contribution is -2.31. The molecule has 0 aliphatic carbocycles. The average molecular weight is 284 g/mol. The van der Waals surface area contributed by atoms with Crippen molar-refractivity contribution in [2.75, 3.05) is 0 Å². The van der Waals surface area contributed by atoms with Gasteiger partial charge in [0.2, 0.25) is 0 Å². The maximum absolute atomic E-state index is 13.0. The number of rotatable bonds is 4. The van der Waals surface area contributed by atoms with Crippen molar-refractivity contribution in [2.45, 2.75) is 39.7 Å². The highest BCUT2D eigenvalue weighted by Crippen LogP contribution is 2.15. The summed E-state index contributed by atoms with van der Waals surface area (Å²) in [5.41, 5.74) is -0.487. The predicted molar refractivity (Wildman–Crippen MR) is 70.1 cm³/mol. The molecule has 20 heavy (non-hydrogen) atoms. The van der Waals surface area contributed by atoms with E-state index in [-0.39, 0.29) is 12.0 Å². The average Bonchev–Trinajstić information content (AvgIpc) is 2.23. The van der Waals surface area contributed by atoms with Crippen LogP contribution in [0.25, 0.3) is 0 Å². The maximum atomic E-state index is 13.0. The maximum Gasteiger partial charge on any atom is 0.316 e. The molecule has 0 saturated carbocycles. The molecule has 110 valence electrons. The quantitative estimate of drug-likeness (QED) is 0.630. The van der Waals surface area contributed by atoms with Gasteiger partial charge in [0, 0.05) is 12.5 Å². The highest BCUT2D eigenvalue weighted by atomic mass is 19.1. The molecule has 0 saturated heterocycles. The van der Waals surface area contributed by atoms with Gasteiger partial charge in [0.1, 0.15) is 23.2 Å². The fourth-order valence-electron chi connectivity index (χ4n) is 1.59. The van der Waals surface area contributed by atoms with Crippen molar-refractivity contribution >= 4 is 11.8 Å². The molecule has 1 aromatic rings. The number of halogens is 2. The second kappa shape index (κ2) is 6.11. The third-order valence-electron chi connectivity index (χ3n) is 2.54. The van der Waals surface area contributed by atoms with E-state index in [0.29, 0.717) is 0 Å². The van der Waals surface area contributed by atoms with Crippen molar-refractivity contribution in [3.63, 3.8) is 0 Å². The van der Waals surface area contributed by atoms with Gasteiger partial charge in [0.25, 0.3) is 0 Å². The Labute approximate surface area is 116 Å². The summed E-state index contributed by atoms with van der Waals surface area (Å²) in [6.07, 6.45) is -0.213. The standard InChI is InChI=1S/C15H18F2O3/c1-9(14(19)20-15(2,3)4)13(18)7-10-5-11(16)8-12(17)6-10/h5-6,8-9H,7H2,1-4H3. The summed E-state index contributed by atoms with van der Waals surface area (Å²) in [4.78, 5) is 23.6. The molecule has 0 aliphatic heterocycles. The lowest BCUT2D eigenvalue weighted by atomic mass is 9.99. The van der Waals surface area contributed by atoms with Crippen molar-refractivity contribution in [3.8, 4) is 0 Å². The summed E-state index contributed by atoms with van der Waals surface area (Å²) in [6, 6.07) is 2.87. The van der Waals surface area contributed by atoms with E-state index in [1.165, 1.54) is 6.92 Å². The van der Waals surface area contributed by atoms with Crippen LogP contribution in [0.2, 0.25) is 0 Å². The molecule has 0 bridgehead atoms. The molecule has 0 spiro atoms. The van der Waals surface area contributed by atoms with Crippen molar-refractivity contribution in [1.29, 1.82) is 0 Å². The molecule has 0 amide bonds. The fraction of sp³-hybridized carbons (Fsp3) is 0.467. The SMILES string of the molecule is CC(C(=O)Cc1cc(F)cc(F)c1)C(=O)OC(C)(C)C. The summed E-state index contributed by atoms with van der Waals surface area (Å²) < 4.78 is 31.1. The Balaban J connectivity index is 2.73. The number of benzene rings is 1. The number of esters is 1. The van der Waals surface area contributed by atoms with Gasteiger partial charge in [-0.05, 0) is 45.4 Å². The van der Waals surface area contributed by atoms with Gasteiger partial charge >= 0.3 is 5.97 Å². The molecular formula is C15H18F2O3. The minimum atomic E-state index is -0.972. The van der Waals surface area contributed by atoms with Crippen LogP contribution in [0.1, 0.15) is 33.3 Å². The van der Waals surface area contributed by atoms with Crippen molar-refractivity contribution in [2.24, 2.45) is 5.92 Å². The number of ether oxygens (including phenoxy) is 1. The summed E-state index contributed by atoms with van der Waals surface area (Å²) >= 11 is 0. The zero-order chi connectivity index (χ0) is 15.5. The molecule has 1 atom stereocenters. The topological polar surface area (TPSA) is 43.4 Å². The highest BCUT2D eigenvalue weighted by Gasteiger charge is 2.27. The molecule has 1 rings (SSSR count). The predicted octanol–water partition coefficient (Wildman–Crippen LogP) is 3.05. The first-order valence-electron chi connectivity index (χ1n) is 6.29.